The molecular weight excluding hydrogens is 396 g/mol. The molecule has 1 aliphatic rings. The molecular formula is C19H25BrN4O2. The van der Waals surface area contributed by atoms with Crippen LogP contribution in [0.2, 0.25) is 0 Å². The molecule has 140 valence electrons. The van der Waals surface area contributed by atoms with Crippen molar-refractivity contribution in [2.45, 2.75) is 32.7 Å². The van der Waals surface area contributed by atoms with Crippen LogP contribution in [0, 0.1) is 0 Å². The first-order valence-electron chi connectivity index (χ1n) is 8.94. The average Bonchev–Trinajstić information content (AvgIpc) is 3.04. The second-order valence-corrected chi connectivity index (χ2v) is 7.63. The average molecular weight is 421 g/mol. The highest BCUT2D eigenvalue weighted by molar-refractivity contribution is 9.10. The third-order valence-electron chi connectivity index (χ3n) is 4.64. The van der Waals surface area contributed by atoms with Gasteiger partial charge in [0, 0.05) is 18.8 Å². The van der Waals surface area contributed by atoms with E-state index >= 15 is 0 Å². The lowest BCUT2D eigenvalue weighted by Gasteiger charge is -2.29. The summed E-state index contributed by atoms with van der Waals surface area (Å²) in [5.41, 5.74) is 3.57. The van der Waals surface area contributed by atoms with Crippen molar-refractivity contribution in [2.75, 3.05) is 31.2 Å². The minimum absolute atomic E-state index is 0.104. The minimum Gasteiger partial charge on any atom is -0.378 e. The number of nitrogens with one attached hydrogen (secondary N) is 2. The molecule has 2 aromatic rings. The molecule has 1 aliphatic heterocycles. The van der Waals surface area contributed by atoms with Gasteiger partial charge in [-0.15, -0.1) is 0 Å². The third-order valence-corrected chi connectivity index (χ3v) is 5.44. The van der Waals surface area contributed by atoms with Gasteiger partial charge in [0.2, 0.25) is 0 Å². The van der Waals surface area contributed by atoms with Gasteiger partial charge in [0.05, 0.1) is 29.4 Å². The summed E-state index contributed by atoms with van der Waals surface area (Å²) < 4.78 is 6.13. The summed E-state index contributed by atoms with van der Waals surface area (Å²) in [4.78, 5) is 14.9. The zero-order chi connectivity index (χ0) is 18.7. The Labute approximate surface area is 162 Å². The summed E-state index contributed by atoms with van der Waals surface area (Å²) in [5, 5.41) is 10.1. The van der Waals surface area contributed by atoms with Gasteiger partial charge in [-0.25, -0.2) is 0 Å². The van der Waals surface area contributed by atoms with Crippen LogP contribution in [0.1, 0.15) is 54.5 Å². The van der Waals surface area contributed by atoms with Gasteiger partial charge < -0.3 is 15.0 Å². The van der Waals surface area contributed by atoms with Gasteiger partial charge in [0.25, 0.3) is 5.91 Å². The molecule has 1 unspecified atom stereocenters. The maximum atomic E-state index is 12.6. The van der Waals surface area contributed by atoms with Crippen molar-refractivity contribution in [3.05, 3.63) is 45.7 Å². The SMILES string of the molecule is CC(C)c1[nH]nc(C(=O)NC(C)c2ccc(N3CCOCC3)cc2)c1Br. The van der Waals surface area contributed by atoms with Gasteiger partial charge in [-0.05, 0) is 46.5 Å². The topological polar surface area (TPSA) is 70.2 Å². The molecule has 1 aromatic carbocycles. The Morgan fingerprint density at radius 1 is 1.23 bits per heavy atom. The molecule has 3 rings (SSSR count). The number of carbonyl (C=O) groups excluding carboxylic acids is 1. The van der Waals surface area contributed by atoms with E-state index in [9.17, 15) is 4.79 Å². The van der Waals surface area contributed by atoms with Crippen LogP contribution >= 0.6 is 15.9 Å². The number of anilines is 1. The number of hydrogen-bond acceptors (Lipinski definition) is 4. The number of nitrogens with zero attached hydrogens (tertiary/aromatic N) is 2. The summed E-state index contributed by atoms with van der Waals surface area (Å²) in [6, 6.07) is 8.23. The van der Waals surface area contributed by atoms with Gasteiger partial charge in [-0.3, -0.25) is 9.89 Å². The highest BCUT2D eigenvalue weighted by Crippen LogP contribution is 2.26. The molecule has 6 nitrogen and oxygen atoms in total. The van der Waals surface area contributed by atoms with E-state index in [2.05, 4.69) is 74.5 Å². The fraction of sp³-hybridized carbons (Fsp3) is 0.474. The first-order valence-corrected chi connectivity index (χ1v) is 9.74. The van der Waals surface area contributed by atoms with Crippen LogP contribution < -0.4 is 10.2 Å². The zero-order valence-electron chi connectivity index (χ0n) is 15.4. The number of hydrogen-bond donors (Lipinski definition) is 2. The van der Waals surface area contributed by atoms with Crippen LogP contribution in [-0.4, -0.2) is 42.4 Å². The largest absolute Gasteiger partial charge is 0.378 e. The number of rotatable bonds is 5. The number of benzene rings is 1. The molecule has 1 saturated heterocycles. The van der Waals surface area contributed by atoms with E-state index in [1.807, 2.05) is 6.92 Å². The van der Waals surface area contributed by atoms with Crippen LogP contribution in [0.25, 0.3) is 0 Å². The van der Waals surface area contributed by atoms with Gasteiger partial charge in [0.1, 0.15) is 0 Å². The Balaban J connectivity index is 1.65. The molecule has 1 amide bonds. The van der Waals surface area contributed by atoms with Crippen molar-refractivity contribution in [3.8, 4) is 0 Å². The molecule has 0 radical (unpaired) electrons. The van der Waals surface area contributed by atoms with Crippen molar-refractivity contribution >= 4 is 27.5 Å². The maximum Gasteiger partial charge on any atom is 0.273 e. The number of aromatic amines is 1. The Kier molecular flexibility index (Phi) is 5.98. The van der Waals surface area contributed by atoms with Crippen LogP contribution in [-0.2, 0) is 4.74 Å². The molecule has 0 aliphatic carbocycles. The lowest BCUT2D eigenvalue weighted by molar-refractivity contribution is 0.0934. The quantitative estimate of drug-likeness (QED) is 0.774. The lowest BCUT2D eigenvalue weighted by atomic mass is 10.1. The van der Waals surface area contributed by atoms with Crippen molar-refractivity contribution < 1.29 is 9.53 Å². The Morgan fingerprint density at radius 3 is 2.46 bits per heavy atom. The number of halogens is 1. The summed E-state index contributed by atoms with van der Waals surface area (Å²) in [6.07, 6.45) is 0. The highest BCUT2D eigenvalue weighted by Gasteiger charge is 2.21. The highest BCUT2D eigenvalue weighted by atomic mass is 79.9. The van der Waals surface area contributed by atoms with E-state index in [1.165, 1.54) is 5.69 Å². The standard InChI is InChI=1S/C19H25BrN4O2/c1-12(2)17-16(20)18(23-22-17)19(25)21-13(3)14-4-6-15(7-5-14)24-8-10-26-11-9-24/h4-7,12-13H,8-11H2,1-3H3,(H,21,25)(H,22,23). The molecule has 2 N–H and O–H groups in total. The van der Waals surface area contributed by atoms with Crippen LogP contribution in [0.4, 0.5) is 5.69 Å². The summed E-state index contributed by atoms with van der Waals surface area (Å²) in [7, 11) is 0. The molecule has 1 aromatic heterocycles. The molecule has 2 heterocycles. The fourth-order valence-electron chi connectivity index (χ4n) is 3.02. The normalized spacial score (nSPS) is 16.0. The smallest absolute Gasteiger partial charge is 0.273 e. The first-order chi connectivity index (χ1) is 12.5. The minimum atomic E-state index is -0.190. The van der Waals surface area contributed by atoms with Crippen molar-refractivity contribution in [1.82, 2.24) is 15.5 Å². The van der Waals surface area contributed by atoms with Gasteiger partial charge in [-0.2, -0.15) is 5.10 Å². The molecule has 0 bridgehead atoms. The Morgan fingerprint density at radius 2 is 1.88 bits per heavy atom. The molecule has 0 saturated carbocycles. The summed E-state index contributed by atoms with van der Waals surface area (Å²) >= 11 is 3.48. The van der Waals surface area contributed by atoms with Crippen molar-refractivity contribution in [1.29, 1.82) is 0 Å². The Hall–Kier alpha value is -1.86. The monoisotopic (exact) mass is 420 g/mol. The summed E-state index contributed by atoms with van der Waals surface area (Å²) in [5.74, 6) is 0.0772. The van der Waals surface area contributed by atoms with Gasteiger partial charge in [0.15, 0.2) is 5.69 Å². The third kappa shape index (κ3) is 4.10. The van der Waals surface area contributed by atoms with E-state index in [1.54, 1.807) is 0 Å². The van der Waals surface area contributed by atoms with E-state index in [0.29, 0.717) is 5.69 Å². The number of H-pyrrole nitrogens is 1. The molecule has 1 atom stereocenters. The van der Waals surface area contributed by atoms with E-state index in [0.717, 1.165) is 42.0 Å². The van der Waals surface area contributed by atoms with Crippen LogP contribution in [0.3, 0.4) is 0 Å². The Bertz CT molecular complexity index is 751. The zero-order valence-corrected chi connectivity index (χ0v) is 17.0. The van der Waals surface area contributed by atoms with E-state index < -0.39 is 0 Å². The summed E-state index contributed by atoms with van der Waals surface area (Å²) in [6.45, 7) is 9.45. The fourth-order valence-corrected chi connectivity index (χ4v) is 3.83. The van der Waals surface area contributed by atoms with Gasteiger partial charge in [-0.1, -0.05) is 26.0 Å². The van der Waals surface area contributed by atoms with E-state index in [-0.39, 0.29) is 17.9 Å². The number of ether oxygens (including phenoxy) is 1. The predicted octanol–water partition coefficient (Wildman–Crippen LogP) is 3.62. The molecule has 26 heavy (non-hydrogen) atoms. The van der Waals surface area contributed by atoms with Crippen molar-refractivity contribution in [3.63, 3.8) is 0 Å². The molecule has 0 spiro atoms. The molecule has 1 fully saturated rings. The number of aromatic nitrogens is 2. The van der Waals surface area contributed by atoms with Gasteiger partial charge >= 0.3 is 0 Å². The molecule has 7 heteroatoms. The maximum absolute atomic E-state index is 12.6. The van der Waals surface area contributed by atoms with E-state index in [4.69, 9.17) is 4.74 Å². The van der Waals surface area contributed by atoms with Crippen LogP contribution in [0.15, 0.2) is 28.7 Å². The van der Waals surface area contributed by atoms with Crippen LogP contribution in [0.5, 0.6) is 0 Å². The first kappa shape index (κ1) is 18.9. The lowest BCUT2D eigenvalue weighted by Crippen LogP contribution is -2.36. The number of carbonyl (C=O) groups is 1. The second kappa shape index (κ2) is 8.22. The van der Waals surface area contributed by atoms with Crippen molar-refractivity contribution in [2.24, 2.45) is 0 Å². The number of morpholine rings is 1. The number of amides is 1. The predicted molar refractivity (Wildman–Crippen MR) is 106 cm³/mol. The second-order valence-electron chi connectivity index (χ2n) is 6.84.